The van der Waals surface area contributed by atoms with Crippen molar-refractivity contribution in [3.8, 4) is 5.75 Å². The number of aryl methyl sites for hydroxylation is 1. The maximum Gasteiger partial charge on any atom is 0.148 e. The molecule has 0 aliphatic carbocycles. The van der Waals surface area contributed by atoms with Crippen molar-refractivity contribution in [3.63, 3.8) is 0 Å². The van der Waals surface area contributed by atoms with Gasteiger partial charge in [-0.3, -0.25) is 4.68 Å². The van der Waals surface area contributed by atoms with Gasteiger partial charge in [0.1, 0.15) is 11.6 Å². The third kappa shape index (κ3) is 2.55. The minimum Gasteiger partial charge on any atom is -0.507 e. The number of phenolic OH excluding ortho intramolecular Hbond substituents is 1. The lowest BCUT2D eigenvalue weighted by molar-refractivity contribution is 0.471. The molecule has 0 fully saturated rings. The number of rotatable bonds is 3. The molecule has 0 saturated carbocycles. The summed E-state index contributed by atoms with van der Waals surface area (Å²) >= 11 is 3.28. The van der Waals surface area contributed by atoms with Crippen LogP contribution in [0.4, 0.5) is 5.82 Å². The van der Waals surface area contributed by atoms with E-state index in [0.29, 0.717) is 11.0 Å². The largest absolute Gasteiger partial charge is 0.507 e. The lowest BCUT2D eigenvalue weighted by atomic mass is 10.2. The quantitative estimate of drug-likeness (QED) is 0.909. The Morgan fingerprint density at radius 3 is 2.88 bits per heavy atom. The number of anilines is 1. The normalized spacial score (nSPS) is 10.4. The van der Waals surface area contributed by atoms with Crippen LogP contribution in [-0.4, -0.2) is 14.9 Å². The summed E-state index contributed by atoms with van der Waals surface area (Å²) in [6, 6.07) is 7.33. The predicted molar refractivity (Wildman–Crippen MR) is 66.3 cm³/mol. The van der Waals surface area contributed by atoms with Crippen LogP contribution in [0.2, 0.25) is 0 Å². The molecule has 0 amide bonds. The fourth-order valence-corrected chi connectivity index (χ4v) is 1.79. The average molecular weight is 282 g/mol. The van der Waals surface area contributed by atoms with E-state index in [-0.39, 0.29) is 5.75 Å². The molecule has 2 N–H and O–H groups in total. The summed E-state index contributed by atoms with van der Waals surface area (Å²) in [6.07, 6.45) is 1.88. The SMILES string of the molecule is Cn1ccc(NCc2ccc(O)c(Br)c2)n1. The van der Waals surface area contributed by atoms with Crippen LogP contribution in [0.5, 0.6) is 5.75 Å². The van der Waals surface area contributed by atoms with Gasteiger partial charge in [0.2, 0.25) is 0 Å². The molecule has 0 unspecified atom stereocenters. The zero-order valence-electron chi connectivity index (χ0n) is 8.81. The lowest BCUT2D eigenvalue weighted by Crippen LogP contribution is -2.00. The van der Waals surface area contributed by atoms with Gasteiger partial charge in [-0.05, 0) is 33.6 Å². The summed E-state index contributed by atoms with van der Waals surface area (Å²) in [5.74, 6) is 1.09. The second-order valence-corrected chi connectivity index (χ2v) is 4.37. The molecule has 0 aliphatic heterocycles. The van der Waals surface area contributed by atoms with Gasteiger partial charge in [-0.15, -0.1) is 0 Å². The van der Waals surface area contributed by atoms with E-state index in [1.54, 1.807) is 10.7 Å². The third-order valence-electron chi connectivity index (χ3n) is 2.20. The van der Waals surface area contributed by atoms with Crippen LogP contribution >= 0.6 is 15.9 Å². The Kier molecular flexibility index (Phi) is 3.14. The molecule has 84 valence electrons. The van der Waals surface area contributed by atoms with Crippen molar-refractivity contribution in [2.24, 2.45) is 7.05 Å². The van der Waals surface area contributed by atoms with Gasteiger partial charge in [0.05, 0.1) is 4.47 Å². The Balaban J connectivity index is 2.02. The van der Waals surface area contributed by atoms with Gasteiger partial charge in [-0.2, -0.15) is 5.10 Å². The van der Waals surface area contributed by atoms with Gasteiger partial charge in [0.25, 0.3) is 0 Å². The Morgan fingerprint density at radius 2 is 2.25 bits per heavy atom. The average Bonchev–Trinajstić information content (AvgIpc) is 2.66. The van der Waals surface area contributed by atoms with Crippen LogP contribution in [0.1, 0.15) is 5.56 Å². The molecular formula is C11H12BrN3O. The first-order valence-corrected chi connectivity index (χ1v) is 5.65. The van der Waals surface area contributed by atoms with E-state index >= 15 is 0 Å². The maximum absolute atomic E-state index is 9.35. The second-order valence-electron chi connectivity index (χ2n) is 3.51. The van der Waals surface area contributed by atoms with E-state index in [9.17, 15) is 5.11 Å². The van der Waals surface area contributed by atoms with Crippen LogP contribution in [0.15, 0.2) is 34.9 Å². The van der Waals surface area contributed by atoms with Crippen LogP contribution in [0, 0.1) is 0 Å². The Morgan fingerprint density at radius 1 is 1.44 bits per heavy atom. The fraction of sp³-hybridized carbons (Fsp3) is 0.182. The number of halogens is 1. The molecule has 2 aromatic rings. The van der Waals surface area contributed by atoms with E-state index in [0.717, 1.165) is 11.4 Å². The minimum absolute atomic E-state index is 0.251. The van der Waals surface area contributed by atoms with Gasteiger partial charge in [0.15, 0.2) is 0 Å². The van der Waals surface area contributed by atoms with Gasteiger partial charge in [-0.1, -0.05) is 6.07 Å². The van der Waals surface area contributed by atoms with Crippen LogP contribution in [0.3, 0.4) is 0 Å². The topological polar surface area (TPSA) is 50.1 Å². The van der Waals surface area contributed by atoms with E-state index in [1.165, 1.54) is 0 Å². The zero-order chi connectivity index (χ0) is 11.5. The molecule has 0 radical (unpaired) electrons. The monoisotopic (exact) mass is 281 g/mol. The van der Waals surface area contributed by atoms with E-state index in [2.05, 4.69) is 26.3 Å². The van der Waals surface area contributed by atoms with Crippen molar-refractivity contribution in [2.45, 2.75) is 6.54 Å². The standard InChI is InChI=1S/C11H12BrN3O/c1-15-5-4-11(14-15)13-7-8-2-3-10(16)9(12)6-8/h2-6,16H,7H2,1H3,(H,13,14). The highest BCUT2D eigenvalue weighted by Crippen LogP contribution is 2.24. The van der Waals surface area contributed by atoms with Crippen molar-refractivity contribution in [2.75, 3.05) is 5.32 Å². The highest BCUT2D eigenvalue weighted by atomic mass is 79.9. The molecule has 16 heavy (non-hydrogen) atoms. The fourth-order valence-electron chi connectivity index (χ4n) is 1.36. The molecule has 1 aromatic heterocycles. The zero-order valence-corrected chi connectivity index (χ0v) is 10.4. The smallest absolute Gasteiger partial charge is 0.148 e. The molecule has 1 heterocycles. The highest BCUT2D eigenvalue weighted by molar-refractivity contribution is 9.10. The Hall–Kier alpha value is -1.49. The molecule has 0 bridgehead atoms. The molecule has 1 aromatic carbocycles. The van der Waals surface area contributed by atoms with Crippen LogP contribution in [-0.2, 0) is 13.6 Å². The second kappa shape index (κ2) is 4.57. The molecule has 0 spiro atoms. The number of aromatic hydroxyl groups is 1. The first kappa shape index (κ1) is 11.0. The van der Waals surface area contributed by atoms with Crippen molar-refractivity contribution in [1.82, 2.24) is 9.78 Å². The summed E-state index contributed by atoms with van der Waals surface area (Å²) in [6.45, 7) is 0.676. The van der Waals surface area contributed by atoms with Crippen molar-refractivity contribution < 1.29 is 5.11 Å². The predicted octanol–water partition coefficient (Wildman–Crippen LogP) is 2.50. The number of nitrogens with zero attached hydrogens (tertiary/aromatic N) is 2. The van der Waals surface area contributed by atoms with Crippen LogP contribution in [0.25, 0.3) is 0 Å². The Labute approximate surface area is 102 Å². The summed E-state index contributed by atoms with van der Waals surface area (Å²) in [4.78, 5) is 0. The van der Waals surface area contributed by atoms with Crippen LogP contribution < -0.4 is 5.32 Å². The minimum atomic E-state index is 0.251. The molecule has 5 heteroatoms. The molecule has 4 nitrogen and oxygen atoms in total. The van der Waals surface area contributed by atoms with Gasteiger partial charge >= 0.3 is 0 Å². The van der Waals surface area contributed by atoms with Gasteiger partial charge in [0, 0.05) is 25.9 Å². The number of benzene rings is 1. The van der Waals surface area contributed by atoms with E-state index in [4.69, 9.17) is 0 Å². The van der Waals surface area contributed by atoms with Crippen molar-refractivity contribution in [1.29, 1.82) is 0 Å². The lowest BCUT2D eigenvalue weighted by Gasteiger charge is -2.04. The highest BCUT2D eigenvalue weighted by Gasteiger charge is 2.00. The van der Waals surface area contributed by atoms with E-state index in [1.807, 2.05) is 31.4 Å². The molecule has 2 rings (SSSR count). The number of hydrogen-bond acceptors (Lipinski definition) is 3. The summed E-state index contributed by atoms with van der Waals surface area (Å²) in [7, 11) is 1.88. The summed E-state index contributed by atoms with van der Waals surface area (Å²) in [5.41, 5.74) is 1.08. The van der Waals surface area contributed by atoms with Crippen molar-refractivity contribution >= 4 is 21.7 Å². The summed E-state index contributed by atoms with van der Waals surface area (Å²) < 4.78 is 2.45. The number of aromatic nitrogens is 2. The Bertz CT molecular complexity index is 496. The molecule has 0 aliphatic rings. The number of hydrogen-bond donors (Lipinski definition) is 2. The third-order valence-corrected chi connectivity index (χ3v) is 2.83. The maximum atomic E-state index is 9.35. The van der Waals surface area contributed by atoms with Crippen molar-refractivity contribution in [3.05, 3.63) is 40.5 Å². The molecule has 0 atom stereocenters. The number of nitrogens with one attached hydrogen (secondary N) is 1. The first-order valence-electron chi connectivity index (χ1n) is 4.86. The van der Waals surface area contributed by atoms with E-state index < -0.39 is 0 Å². The van der Waals surface area contributed by atoms with Gasteiger partial charge in [-0.25, -0.2) is 0 Å². The first-order chi connectivity index (χ1) is 7.65. The summed E-state index contributed by atoms with van der Waals surface area (Å²) in [5, 5.41) is 16.8. The van der Waals surface area contributed by atoms with Gasteiger partial charge < -0.3 is 10.4 Å². The number of phenols is 1. The molecular weight excluding hydrogens is 270 g/mol. The molecule has 0 saturated heterocycles.